The minimum Gasteiger partial charge on any atom is -0.506 e. The second-order valence-corrected chi connectivity index (χ2v) is 5.20. The summed E-state index contributed by atoms with van der Waals surface area (Å²) in [6.45, 7) is 0. The molecule has 0 aliphatic heterocycles. The van der Waals surface area contributed by atoms with E-state index in [9.17, 15) is 18.3 Å². The minimum absolute atomic E-state index is 0.0311. The molecule has 0 atom stereocenters. The molecule has 0 amide bonds. The van der Waals surface area contributed by atoms with Crippen LogP contribution >= 0.6 is 15.9 Å². The van der Waals surface area contributed by atoms with Crippen molar-refractivity contribution in [3.8, 4) is 11.5 Å². The van der Waals surface area contributed by atoms with E-state index in [0.29, 0.717) is 21.5 Å². The number of aromatic hydroxyl groups is 1. The Hall–Kier alpha value is -2.02. The standard InChI is InChI=1S/C15H11BrF3NO2/c1-22-12-6-9(14(21)13(16)7-12)8-20-11-4-2-10(3-5-11)15(17,18)19/h2-8,21H,1H3. The predicted octanol–water partition coefficient (Wildman–Crippen LogP) is 4.93. The van der Waals surface area contributed by atoms with Crippen molar-refractivity contribution in [2.24, 2.45) is 4.99 Å². The Kier molecular flexibility index (Phi) is 4.75. The van der Waals surface area contributed by atoms with Crippen LogP contribution in [0, 0.1) is 0 Å². The van der Waals surface area contributed by atoms with E-state index in [1.165, 1.54) is 25.5 Å². The van der Waals surface area contributed by atoms with Crippen molar-refractivity contribution < 1.29 is 23.0 Å². The highest BCUT2D eigenvalue weighted by molar-refractivity contribution is 9.10. The van der Waals surface area contributed by atoms with Crippen molar-refractivity contribution in [2.75, 3.05) is 7.11 Å². The molecule has 2 aromatic carbocycles. The number of rotatable bonds is 3. The molecule has 0 bridgehead atoms. The second-order valence-electron chi connectivity index (χ2n) is 4.35. The largest absolute Gasteiger partial charge is 0.506 e. The van der Waals surface area contributed by atoms with E-state index in [2.05, 4.69) is 20.9 Å². The number of ether oxygens (including phenoxy) is 1. The number of hydrogen-bond acceptors (Lipinski definition) is 3. The number of alkyl halides is 3. The zero-order valence-electron chi connectivity index (χ0n) is 11.4. The van der Waals surface area contributed by atoms with E-state index in [4.69, 9.17) is 4.74 Å². The average Bonchev–Trinajstić information content (AvgIpc) is 2.48. The van der Waals surface area contributed by atoms with Crippen LogP contribution in [0.5, 0.6) is 11.5 Å². The van der Waals surface area contributed by atoms with Crippen molar-refractivity contribution in [1.29, 1.82) is 0 Å². The normalized spacial score (nSPS) is 11.9. The molecule has 0 aliphatic carbocycles. The van der Waals surface area contributed by atoms with Gasteiger partial charge in [0.25, 0.3) is 0 Å². The minimum atomic E-state index is -4.38. The molecule has 7 heteroatoms. The molecule has 2 aromatic rings. The fraction of sp³-hybridized carbons (Fsp3) is 0.133. The molecule has 3 nitrogen and oxygen atoms in total. The van der Waals surface area contributed by atoms with Crippen LogP contribution in [0.1, 0.15) is 11.1 Å². The van der Waals surface area contributed by atoms with Crippen LogP contribution in [0.25, 0.3) is 0 Å². The van der Waals surface area contributed by atoms with Crippen molar-refractivity contribution >= 4 is 27.8 Å². The molecule has 0 saturated carbocycles. The Morgan fingerprint density at radius 2 is 1.82 bits per heavy atom. The lowest BCUT2D eigenvalue weighted by Gasteiger charge is -2.07. The SMILES string of the molecule is COc1cc(Br)c(O)c(C=Nc2ccc(C(F)(F)F)cc2)c1. The molecule has 0 heterocycles. The first-order valence-electron chi connectivity index (χ1n) is 6.09. The van der Waals surface area contributed by atoms with Crippen molar-refractivity contribution in [2.45, 2.75) is 6.18 Å². The van der Waals surface area contributed by atoms with Crippen LogP contribution < -0.4 is 4.74 Å². The molecule has 0 radical (unpaired) electrons. The Morgan fingerprint density at radius 3 is 2.36 bits per heavy atom. The quantitative estimate of drug-likeness (QED) is 0.774. The summed E-state index contributed by atoms with van der Waals surface area (Å²) in [5.74, 6) is 0.481. The van der Waals surface area contributed by atoms with E-state index < -0.39 is 11.7 Å². The Balaban J connectivity index is 2.27. The van der Waals surface area contributed by atoms with E-state index in [1.807, 2.05) is 0 Å². The van der Waals surface area contributed by atoms with Crippen LogP contribution in [0.2, 0.25) is 0 Å². The lowest BCUT2D eigenvalue weighted by Crippen LogP contribution is -2.03. The highest BCUT2D eigenvalue weighted by atomic mass is 79.9. The maximum absolute atomic E-state index is 12.5. The maximum atomic E-state index is 12.5. The van der Waals surface area contributed by atoms with Crippen molar-refractivity contribution in [1.82, 2.24) is 0 Å². The fourth-order valence-electron chi connectivity index (χ4n) is 1.69. The maximum Gasteiger partial charge on any atom is 0.416 e. The second kappa shape index (κ2) is 6.39. The van der Waals surface area contributed by atoms with Crippen LogP contribution in [-0.2, 0) is 6.18 Å². The molecule has 0 aliphatic rings. The molecular weight excluding hydrogens is 363 g/mol. The van der Waals surface area contributed by atoms with Gasteiger partial charge in [-0.15, -0.1) is 0 Å². The van der Waals surface area contributed by atoms with Gasteiger partial charge in [-0.1, -0.05) is 0 Å². The lowest BCUT2D eigenvalue weighted by atomic mass is 10.2. The van der Waals surface area contributed by atoms with E-state index >= 15 is 0 Å². The number of phenolic OH excluding ortho intramolecular Hbond substituents is 1. The van der Waals surface area contributed by atoms with Crippen molar-refractivity contribution in [3.05, 3.63) is 52.0 Å². The van der Waals surface area contributed by atoms with E-state index in [0.717, 1.165) is 12.1 Å². The summed E-state index contributed by atoms with van der Waals surface area (Å²) in [4.78, 5) is 4.05. The van der Waals surface area contributed by atoms with Gasteiger partial charge in [-0.25, -0.2) is 0 Å². The van der Waals surface area contributed by atoms with Gasteiger partial charge in [-0.05, 0) is 52.3 Å². The third-order valence-electron chi connectivity index (χ3n) is 2.85. The molecule has 0 saturated heterocycles. The smallest absolute Gasteiger partial charge is 0.416 e. The Labute approximate surface area is 133 Å². The average molecular weight is 374 g/mol. The Bertz CT molecular complexity index is 697. The van der Waals surface area contributed by atoms with Crippen LogP contribution in [0.3, 0.4) is 0 Å². The predicted molar refractivity (Wildman–Crippen MR) is 81.1 cm³/mol. The molecule has 0 unspecified atom stereocenters. The van der Waals surface area contributed by atoms with Crippen molar-refractivity contribution in [3.63, 3.8) is 0 Å². The summed E-state index contributed by atoms with van der Waals surface area (Å²) in [6.07, 6.45) is -3.02. The molecule has 22 heavy (non-hydrogen) atoms. The van der Waals surface area contributed by atoms with Gasteiger partial charge in [-0.2, -0.15) is 13.2 Å². The highest BCUT2D eigenvalue weighted by Gasteiger charge is 2.29. The number of benzene rings is 2. The summed E-state index contributed by atoms with van der Waals surface area (Å²) >= 11 is 3.18. The first-order chi connectivity index (χ1) is 10.3. The lowest BCUT2D eigenvalue weighted by molar-refractivity contribution is -0.137. The van der Waals surface area contributed by atoms with Gasteiger partial charge in [0.2, 0.25) is 0 Å². The molecule has 0 fully saturated rings. The van der Waals surface area contributed by atoms with Gasteiger partial charge in [0.15, 0.2) is 0 Å². The van der Waals surface area contributed by atoms with Gasteiger partial charge in [-0.3, -0.25) is 4.99 Å². The van der Waals surface area contributed by atoms with Crippen LogP contribution in [-0.4, -0.2) is 18.4 Å². The van der Waals surface area contributed by atoms with E-state index in [1.54, 1.807) is 12.1 Å². The third-order valence-corrected chi connectivity index (χ3v) is 3.45. The first kappa shape index (κ1) is 16.4. The zero-order chi connectivity index (χ0) is 16.3. The number of phenols is 1. The highest BCUT2D eigenvalue weighted by Crippen LogP contribution is 2.33. The number of aliphatic imine (C=N–C) groups is 1. The number of halogens is 4. The first-order valence-corrected chi connectivity index (χ1v) is 6.88. The van der Waals surface area contributed by atoms with Gasteiger partial charge < -0.3 is 9.84 Å². The monoisotopic (exact) mass is 373 g/mol. The number of hydrogen-bond donors (Lipinski definition) is 1. The summed E-state index contributed by atoms with van der Waals surface area (Å²) < 4.78 is 42.9. The van der Waals surface area contributed by atoms with Gasteiger partial charge in [0.1, 0.15) is 11.5 Å². The molecule has 0 aromatic heterocycles. The number of methoxy groups -OCH3 is 1. The third kappa shape index (κ3) is 3.79. The molecular formula is C15H11BrF3NO2. The van der Waals surface area contributed by atoms with Gasteiger partial charge in [0, 0.05) is 11.8 Å². The fourth-order valence-corrected chi connectivity index (χ4v) is 2.15. The number of nitrogens with zero attached hydrogens (tertiary/aromatic N) is 1. The summed E-state index contributed by atoms with van der Waals surface area (Å²) in [5.41, 5.74) is -0.0177. The van der Waals surface area contributed by atoms with Gasteiger partial charge >= 0.3 is 6.18 Å². The zero-order valence-corrected chi connectivity index (χ0v) is 12.9. The molecule has 0 spiro atoms. The summed E-state index contributed by atoms with van der Waals surface area (Å²) in [6, 6.07) is 7.57. The molecule has 2 rings (SSSR count). The van der Waals surface area contributed by atoms with Crippen LogP contribution in [0.4, 0.5) is 18.9 Å². The molecule has 116 valence electrons. The topological polar surface area (TPSA) is 41.8 Å². The molecule has 1 N–H and O–H groups in total. The summed E-state index contributed by atoms with van der Waals surface area (Å²) in [5, 5.41) is 9.90. The van der Waals surface area contributed by atoms with Crippen LogP contribution in [0.15, 0.2) is 45.9 Å². The summed E-state index contributed by atoms with van der Waals surface area (Å²) in [7, 11) is 1.48. The van der Waals surface area contributed by atoms with Gasteiger partial charge in [0.05, 0.1) is 22.8 Å². The Morgan fingerprint density at radius 1 is 1.18 bits per heavy atom. The van der Waals surface area contributed by atoms with E-state index in [-0.39, 0.29) is 5.75 Å².